The standard InChI is InChI=1S/C16H14ClN3O/c1-9-7-11-12(8-10(9)2)19-6-5-13(11)21-14-3-4-15(18)20-16(14)17/h3-8H,1-2H3,(H2,18,20). The molecule has 4 nitrogen and oxygen atoms in total. The van der Waals surface area contributed by atoms with Gasteiger partial charge in [-0.2, -0.15) is 0 Å². The molecular formula is C16H14ClN3O. The van der Waals surface area contributed by atoms with Crippen LogP contribution in [0.1, 0.15) is 11.1 Å². The van der Waals surface area contributed by atoms with Gasteiger partial charge < -0.3 is 10.5 Å². The van der Waals surface area contributed by atoms with E-state index >= 15 is 0 Å². The Bertz CT molecular complexity index is 833. The zero-order chi connectivity index (χ0) is 15.0. The van der Waals surface area contributed by atoms with Crippen molar-refractivity contribution in [2.75, 3.05) is 5.73 Å². The Balaban J connectivity index is 2.10. The van der Waals surface area contributed by atoms with Crippen LogP contribution in [0.15, 0.2) is 36.5 Å². The summed E-state index contributed by atoms with van der Waals surface area (Å²) in [6.45, 7) is 4.12. The lowest BCUT2D eigenvalue weighted by Crippen LogP contribution is -1.94. The third-order valence-corrected chi connectivity index (χ3v) is 3.64. The van der Waals surface area contributed by atoms with Gasteiger partial charge in [0.15, 0.2) is 10.9 Å². The van der Waals surface area contributed by atoms with E-state index in [1.165, 1.54) is 11.1 Å². The fourth-order valence-corrected chi connectivity index (χ4v) is 2.30. The molecule has 0 aliphatic heterocycles. The second kappa shape index (κ2) is 5.22. The lowest BCUT2D eigenvalue weighted by molar-refractivity contribution is 0.486. The minimum absolute atomic E-state index is 0.240. The van der Waals surface area contributed by atoms with Gasteiger partial charge in [0.05, 0.1) is 5.52 Å². The number of aromatic nitrogens is 2. The molecule has 2 heterocycles. The fourth-order valence-electron chi connectivity index (χ4n) is 2.10. The molecule has 0 saturated heterocycles. The van der Waals surface area contributed by atoms with Crippen LogP contribution in [0.25, 0.3) is 10.9 Å². The predicted molar refractivity (Wildman–Crippen MR) is 85.0 cm³/mol. The number of ether oxygens (including phenoxy) is 1. The van der Waals surface area contributed by atoms with Crippen molar-refractivity contribution in [3.8, 4) is 11.5 Å². The molecule has 0 fully saturated rings. The normalized spacial score (nSPS) is 10.8. The molecule has 0 aliphatic rings. The number of hydrogen-bond donors (Lipinski definition) is 1. The highest BCUT2D eigenvalue weighted by atomic mass is 35.5. The fraction of sp³-hybridized carbons (Fsp3) is 0.125. The summed E-state index contributed by atoms with van der Waals surface area (Å²) in [4.78, 5) is 8.36. The highest BCUT2D eigenvalue weighted by Gasteiger charge is 2.09. The molecule has 106 valence electrons. The van der Waals surface area contributed by atoms with Crippen LogP contribution in [0.3, 0.4) is 0 Å². The van der Waals surface area contributed by atoms with Crippen LogP contribution in [0, 0.1) is 13.8 Å². The van der Waals surface area contributed by atoms with Gasteiger partial charge in [0, 0.05) is 11.6 Å². The highest BCUT2D eigenvalue weighted by Crippen LogP contribution is 2.33. The minimum atomic E-state index is 0.240. The molecule has 3 rings (SSSR count). The Morgan fingerprint density at radius 1 is 1.05 bits per heavy atom. The van der Waals surface area contributed by atoms with E-state index in [1.54, 1.807) is 18.3 Å². The van der Waals surface area contributed by atoms with Gasteiger partial charge in [-0.3, -0.25) is 4.98 Å². The number of nitrogen functional groups attached to an aromatic ring is 1. The van der Waals surface area contributed by atoms with Crippen LogP contribution in [0.5, 0.6) is 11.5 Å². The summed E-state index contributed by atoms with van der Waals surface area (Å²) in [5.41, 5.74) is 8.85. The molecular weight excluding hydrogens is 286 g/mol. The van der Waals surface area contributed by atoms with Crippen LogP contribution in [-0.2, 0) is 0 Å². The van der Waals surface area contributed by atoms with Gasteiger partial charge in [0.25, 0.3) is 0 Å². The van der Waals surface area contributed by atoms with Crippen LogP contribution >= 0.6 is 11.6 Å². The van der Waals surface area contributed by atoms with Crippen LogP contribution < -0.4 is 10.5 Å². The lowest BCUT2D eigenvalue weighted by Gasteiger charge is -2.11. The second-order valence-electron chi connectivity index (χ2n) is 4.89. The van der Waals surface area contributed by atoms with Crippen molar-refractivity contribution in [1.29, 1.82) is 0 Å². The number of hydrogen-bond acceptors (Lipinski definition) is 4. The number of benzene rings is 1. The third kappa shape index (κ3) is 2.62. The molecule has 1 aromatic carbocycles. The largest absolute Gasteiger partial charge is 0.453 e. The number of anilines is 1. The number of pyridine rings is 2. The number of nitrogens with two attached hydrogens (primary N) is 1. The van der Waals surface area contributed by atoms with Gasteiger partial charge in [-0.1, -0.05) is 11.6 Å². The first-order valence-electron chi connectivity index (χ1n) is 6.50. The molecule has 0 radical (unpaired) electrons. The summed E-state index contributed by atoms with van der Waals surface area (Å²) in [5.74, 6) is 1.52. The first-order chi connectivity index (χ1) is 10.0. The molecule has 5 heteroatoms. The van der Waals surface area contributed by atoms with E-state index in [4.69, 9.17) is 22.1 Å². The first-order valence-corrected chi connectivity index (χ1v) is 6.88. The van der Waals surface area contributed by atoms with E-state index in [-0.39, 0.29) is 5.15 Å². The van der Waals surface area contributed by atoms with Gasteiger partial charge in [0.2, 0.25) is 0 Å². The lowest BCUT2D eigenvalue weighted by atomic mass is 10.1. The average Bonchev–Trinajstić information content (AvgIpc) is 2.44. The Labute approximate surface area is 127 Å². The van der Waals surface area contributed by atoms with Gasteiger partial charge in [-0.05, 0) is 55.3 Å². The summed E-state index contributed by atoms with van der Waals surface area (Å²) in [5, 5.41) is 1.18. The Kier molecular flexibility index (Phi) is 3.39. The van der Waals surface area contributed by atoms with Gasteiger partial charge >= 0.3 is 0 Å². The maximum Gasteiger partial charge on any atom is 0.173 e. The van der Waals surface area contributed by atoms with E-state index in [9.17, 15) is 0 Å². The van der Waals surface area contributed by atoms with Crippen LogP contribution in [0.4, 0.5) is 5.82 Å². The highest BCUT2D eigenvalue weighted by molar-refractivity contribution is 6.31. The smallest absolute Gasteiger partial charge is 0.173 e. The third-order valence-electron chi connectivity index (χ3n) is 3.37. The Morgan fingerprint density at radius 3 is 2.57 bits per heavy atom. The van der Waals surface area contributed by atoms with E-state index < -0.39 is 0 Å². The van der Waals surface area contributed by atoms with Crippen molar-refractivity contribution in [2.24, 2.45) is 0 Å². The maximum absolute atomic E-state index is 6.06. The summed E-state index contributed by atoms with van der Waals surface area (Å²) in [6, 6.07) is 9.27. The molecule has 2 N–H and O–H groups in total. The zero-order valence-electron chi connectivity index (χ0n) is 11.7. The monoisotopic (exact) mass is 299 g/mol. The number of halogens is 1. The molecule has 0 spiro atoms. The topological polar surface area (TPSA) is 61.0 Å². The molecule has 2 aromatic heterocycles. The molecule has 0 aliphatic carbocycles. The number of aryl methyl sites for hydroxylation is 2. The van der Waals surface area contributed by atoms with Crippen molar-refractivity contribution in [2.45, 2.75) is 13.8 Å². The van der Waals surface area contributed by atoms with Crippen LogP contribution in [0.2, 0.25) is 5.15 Å². The maximum atomic E-state index is 6.06. The SMILES string of the molecule is Cc1cc2nccc(Oc3ccc(N)nc3Cl)c2cc1C. The number of fused-ring (bicyclic) bond motifs is 1. The molecule has 0 atom stereocenters. The molecule has 0 amide bonds. The first kappa shape index (κ1) is 13.6. The van der Waals surface area contributed by atoms with Crippen molar-refractivity contribution in [3.63, 3.8) is 0 Å². The van der Waals surface area contributed by atoms with E-state index in [1.807, 2.05) is 12.1 Å². The summed E-state index contributed by atoms with van der Waals surface area (Å²) in [6.07, 6.45) is 1.71. The molecule has 0 bridgehead atoms. The predicted octanol–water partition coefficient (Wildman–Crippen LogP) is 4.27. The van der Waals surface area contributed by atoms with Gasteiger partial charge in [0.1, 0.15) is 11.6 Å². The average molecular weight is 300 g/mol. The summed E-state index contributed by atoms with van der Waals surface area (Å²) in [7, 11) is 0. The molecule has 3 aromatic rings. The van der Waals surface area contributed by atoms with Gasteiger partial charge in [-0.25, -0.2) is 4.98 Å². The van der Waals surface area contributed by atoms with Crippen molar-refractivity contribution < 1.29 is 4.74 Å². The van der Waals surface area contributed by atoms with Crippen LogP contribution in [-0.4, -0.2) is 9.97 Å². The van der Waals surface area contributed by atoms with Crippen molar-refractivity contribution in [3.05, 3.63) is 52.8 Å². The van der Waals surface area contributed by atoms with Gasteiger partial charge in [-0.15, -0.1) is 0 Å². The van der Waals surface area contributed by atoms with Crippen molar-refractivity contribution >= 4 is 28.3 Å². The molecule has 0 saturated carbocycles. The number of nitrogens with zero attached hydrogens (tertiary/aromatic N) is 2. The molecule has 0 unspecified atom stereocenters. The Hall–Kier alpha value is -2.33. The number of rotatable bonds is 2. The van der Waals surface area contributed by atoms with E-state index in [2.05, 4.69) is 29.9 Å². The molecule has 21 heavy (non-hydrogen) atoms. The minimum Gasteiger partial charge on any atom is -0.453 e. The summed E-state index contributed by atoms with van der Waals surface area (Å²) >= 11 is 6.06. The van der Waals surface area contributed by atoms with E-state index in [0.29, 0.717) is 17.3 Å². The zero-order valence-corrected chi connectivity index (χ0v) is 12.5. The quantitative estimate of drug-likeness (QED) is 0.718. The summed E-state index contributed by atoms with van der Waals surface area (Å²) < 4.78 is 5.88. The van der Waals surface area contributed by atoms with Crippen molar-refractivity contribution in [1.82, 2.24) is 9.97 Å². The van der Waals surface area contributed by atoms with E-state index in [0.717, 1.165) is 10.9 Å². The second-order valence-corrected chi connectivity index (χ2v) is 5.25. The Morgan fingerprint density at radius 2 is 1.81 bits per heavy atom.